The normalized spacial score (nSPS) is 16.2. The summed E-state index contributed by atoms with van der Waals surface area (Å²) in [5.74, 6) is -1.41. The first-order valence-corrected chi connectivity index (χ1v) is 12.1. The highest BCUT2D eigenvalue weighted by atomic mass is 35.5. The first-order chi connectivity index (χ1) is 17.9. The zero-order valence-corrected chi connectivity index (χ0v) is 21.4. The van der Waals surface area contributed by atoms with Gasteiger partial charge < -0.3 is 28.9 Å². The highest BCUT2D eigenvalue weighted by Gasteiger charge is 2.34. The molecule has 0 aliphatic carbocycles. The number of anilines is 2. The van der Waals surface area contributed by atoms with E-state index in [9.17, 15) is 14.4 Å². The SMILES string of the molecule is COC(=O)C1=C(C(=O)OC)N(c2cc(Cl)ccc2N2CCN(C(=O)C=Cc3ccccc3)CC2)COC1. The molecule has 9 nitrogen and oxygen atoms in total. The van der Waals surface area contributed by atoms with Crippen LogP contribution in [0.4, 0.5) is 11.4 Å². The molecule has 1 amide bonds. The third-order valence-corrected chi connectivity index (χ3v) is 6.45. The number of hydrogen-bond donors (Lipinski definition) is 0. The average Bonchev–Trinajstić information content (AvgIpc) is 2.95. The van der Waals surface area contributed by atoms with Crippen molar-refractivity contribution < 1.29 is 28.6 Å². The predicted molar refractivity (Wildman–Crippen MR) is 140 cm³/mol. The lowest BCUT2D eigenvalue weighted by Crippen LogP contribution is -2.49. The van der Waals surface area contributed by atoms with E-state index in [1.165, 1.54) is 14.2 Å². The van der Waals surface area contributed by atoms with Gasteiger partial charge in [0.1, 0.15) is 12.4 Å². The minimum Gasteiger partial charge on any atom is -0.466 e. The van der Waals surface area contributed by atoms with E-state index in [4.69, 9.17) is 25.8 Å². The summed E-state index contributed by atoms with van der Waals surface area (Å²) in [4.78, 5) is 43.4. The Balaban J connectivity index is 1.56. The first-order valence-electron chi connectivity index (χ1n) is 11.7. The molecule has 2 aromatic rings. The average molecular weight is 526 g/mol. The second kappa shape index (κ2) is 11.9. The minimum atomic E-state index is -0.685. The topological polar surface area (TPSA) is 88.6 Å². The maximum atomic E-state index is 12.8. The van der Waals surface area contributed by atoms with Gasteiger partial charge in [-0.25, -0.2) is 9.59 Å². The van der Waals surface area contributed by atoms with Crippen LogP contribution >= 0.6 is 11.6 Å². The Morgan fingerprint density at radius 1 is 0.919 bits per heavy atom. The molecule has 2 heterocycles. The molecule has 1 fully saturated rings. The maximum absolute atomic E-state index is 12.8. The van der Waals surface area contributed by atoms with Gasteiger partial charge in [0.25, 0.3) is 0 Å². The molecule has 37 heavy (non-hydrogen) atoms. The van der Waals surface area contributed by atoms with Crippen molar-refractivity contribution in [3.8, 4) is 0 Å². The van der Waals surface area contributed by atoms with Crippen LogP contribution in [0.15, 0.2) is 65.9 Å². The van der Waals surface area contributed by atoms with E-state index in [0.717, 1.165) is 11.3 Å². The fourth-order valence-corrected chi connectivity index (χ4v) is 4.49. The number of benzene rings is 2. The van der Waals surface area contributed by atoms with Gasteiger partial charge in [0.15, 0.2) is 0 Å². The minimum absolute atomic E-state index is 0.0149. The number of esters is 2. The van der Waals surface area contributed by atoms with Crippen LogP contribution in [0.1, 0.15) is 5.56 Å². The number of halogens is 1. The van der Waals surface area contributed by atoms with Gasteiger partial charge in [0, 0.05) is 37.3 Å². The van der Waals surface area contributed by atoms with Crippen LogP contribution in [0.3, 0.4) is 0 Å². The molecule has 0 N–H and O–H groups in total. The van der Waals surface area contributed by atoms with Crippen molar-refractivity contribution in [1.82, 2.24) is 4.90 Å². The monoisotopic (exact) mass is 525 g/mol. The lowest BCUT2D eigenvalue weighted by Gasteiger charge is -2.39. The molecule has 1 saturated heterocycles. The Labute approximate surface area is 220 Å². The Morgan fingerprint density at radius 3 is 2.30 bits per heavy atom. The van der Waals surface area contributed by atoms with Gasteiger partial charge in [-0.15, -0.1) is 0 Å². The van der Waals surface area contributed by atoms with Gasteiger partial charge >= 0.3 is 11.9 Å². The smallest absolute Gasteiger partial charge is 0.355 e. The summed E-state index contributed by atoms with van der Waals surface area (Å²) >= 11 is 6.34. The van der Waals surface area contributed by atoms with E-state index in [1.807, 2.05) is 42.5 Å². The molecular weight excluding hydrogens is 498 g/mol. The Bertz CT molecular complexity index is 1220. The lowest BCUT2D eigenvalue weighted by molar-refractivity contribution is -0.140. The van der Waals surface area contributed by atoms with Crippen LogP contribution in [-0.4, -0.2) is 76.5 Å². The number of carbonyl (C=O) groups is 3. The number of amides is 1. The third-order valence-electron chi connectivity index (χ3n) is 6.21. The summed E-state index contributed by atoms with van der Waals surface area (Å²) in [6, 6.07) is 15.0. The van der Waals surface area contributed by atoms with Gasteiger partial charge in [-0.2, -0.15) is 0 Å². The molecule has 0 spiro atoms. The van der Waals surface area contributed by atoms with Crippen LogP contribution in [0, 0.1) is 0 Å². The van der Waals surface area contributed by atoms with Gasteiger partial charge in [0.05, 0.1) is 37.8 Å². The number of carbonyl (C=O) groups excluding carboxylic acids is 3. The lowest BCUT2D eigenvalue weighted by atomic mass is 10.1. The zero-order valence-electron chi connectivity index (χ0n) is 20.7. The van der Waals surface area contributed by atoms with Crippen molar-refractivity contribution in [2.24, 2.45) is 0 Å². The maximum Gasteiger partial charge on any atom is 0.355 e. The fraction of sp³-hybridized carbons (Fsp3) is 0.296. The van der Waals surface area contributed by atoms with E-state index >= 15 is 0 Å². The molecular formula is C27H28ClN3O6. The molecule has 0 saturated carbocycles. The van der Waals surface area contributed by atoms with Gasteiger partial charge in [-0.1, -0.05) is 41.9 Å². The largest absolute Gasteiger partial charge is 0.466 e. The van der Waals surface area contributed by atoms with Crippen molar-refractivity contribution in [1.29, 1.82) is 0 Å². The summed E-state index contributed by atoms with van der Waals surface area (Å²) in [5, 5.41) is 0.452. The Morgan fingerprint density at radius 2 is 1.62 bits per heavy atom. The molecule has 194 valence electrons. The summed E-state index contributed by atoms with van der Waals surface area (Å²) in [5.41, 5.74) is 2.44. The first kappa shape index (κ1) is 26.2. The third kappa shape index (κ3) is 5.95. The van der Waals surface area contributed by atoms with Crippen LogP contribution in [0.5, 0.6) is 0 Å². The second-order valence-electron chi connectivity index (χ2n) is 8.41. The van der Waals surface area contributed by atoms with E-state index in [1.54, 1.807) is 28.0 Å². The van der Waals surface area contributed by atoms with Crippen molar-refractivity contribution in [3.05, 3.63) is 76.5 Å². The molecule has 0 unspecified atom stereocenters. The van der Waals surface area contributed by atoms with E-state index in [2.05, 4.69) is 4.90 Å². The van der Waals surface area contributed by atoms with Crippen molar-refractivity contribution >= 4 is 46.9 Å². The zero-order chi connectivity index (χ0) is 26.4. The van der Waals surface area contributed by atoms with Crippen LogP contribution in [0.2, 0.25) is 5.02 Å². The van der Waals surface area contributed by atoms with Crippen molar-refractivity contribution in [2.45, 2.75) is 0 Å². The Hall–Kier alpha value is -3.82. The quantitative estimate of drug-likeness (QED) is 0.420. The molecule has 0 aromatic heterocycles. The molecule has 2 aliphatic heterocycles. The number of methoxy groups -OCH3 is 2. The predicted octanol–water partition coefficient (Wildman–Crippen LogP) is 3.10. The molecule has 4 rings (SSSR count). The molecule has 0 bridgehead atoms. The number of rotatable bonds is 6. The molecule has 0 radical (unpaired) electrons. The standard InChI is InChI=1S/C27H28ClN3O6/c1-35-26(33)21-17-37-18-31(25(21)27(34)36-2)23-16-20(28)9-10-22(23)29-12-14-30(15-13-29)24(32)11-8-19-6-4-3-5-7-19/h3-11,16H,12-15,17-18H2,1-2H3. The Kier molecular flexibility index (Phi) is 8.47. The fourth-order valence-electron chi connectivity index (χ4n) is 4.32. The van der Waals surface area contributed by atoms with Gasteiger partial charge in [-0.05, 0) is 29.8 Å². The molecule has 10 heteroatoms. The summed E-state index contributed by atoms with van der Waals surface area (Å²) in [6.45, 7) is 2.10. The van der Waals surface area contributed by atoms with Crippen molar-refractivity contribution in [2.75, 3.05) is 63.5 Å². The molecule has 2 aromatic carbocycles. The highest BCUT2D eigenvalue weighted by molar-refractivity contribution is 6.31. The summed E-state index contributed by atoms with van der Waals surface area (Å²) in [6.07, 6.45) is 3.40. The van der Waals surface area contributed by atoms with E-state index < -0.39 is 11.9 Å². The molecule has 2 aliphatic rings. The number of ether oxygens (including phenoxy) is 3. The highest BCUT2D eigenvalue weighted by Crippen LogP contribution is 2.37. The number of hydrogen-bond acceptors (Lipinski definition) is 8. The molecule has 0 atom stereocenters. The van der Waals surface area contributed by atoms with Crippen LogP contribution < -0.4 is 9.80 Å². The summed E-state index contributed by atoms with van der Waals surface area (Å²) in [7, 11) is 2.49. The van der Waals surface area contributed by atoms with E-state index in [0.29, 0.717) is 36.9 Å². The van der Waals surface area contributed by atoms with E-state index in [-0.39, 0.29) is 30.5 Å². The summed E-state index contributed by atoms with van der Waals surface area (Å²) < 4.78 is 15.5. The number of piperazine rings is 1. The number of nitrogens with zero attached hydrogens (tertiary/aromatic N) is 3. The van der Waals surface area contributed by atoms with Crippen LogP contribution in [-0.2, 0) is 28.6 Å². The second-order valence-corrected chi connectivity index (χ2v) is 8.84. The van der Waals surface area contributed by atoms with Gasteiger partial charge in [0.2, 0.25) is 5.91 Å². The van der Waals surface area contributed by atoms with Crippen LogP contribution in [0.25, 0.3) is 6.08 Å². The van der Waals surface area contributed by atoms with Gasteiger partial charge in [-0.3, -0.25) is 4.79 Å². The van der Waals surface area contributed by atoms with Crippen molar-refractivity contribution in [3.63, 3.8) is 0 Å².